The lowest BCUT2D eigenvalue weighted by molar-refractivity contribution is -0.118. The Morgan fingerprint density at radius 2 is 1.91 bits per heavy atom. The van der Waals surface area contributed by atoms with Crippen LogP contribution in [0.1, 0.15) is 37.0 Å². The van der Waals surface area contributed by atoms with Gasteiger partial charge in [0, 0.05) is 16.7 Å². The summed E-state index contributed by atoms with van der Waals surface area (Å²) < 4.78 is 0.656. The molecule has 0 spiro atoms. The maximum atomic E-state index is 12.0. The lowest BCUT2D eigenvalue weighted by Gasteiger charge is -2.17. The van der Waals surface area contributed by atoms with Crippen LogP contribution in [0, 0.1) is 5.92 Å². The smallest absolute Gasteiger partial charge is 0.427 e. The van der Waals surface area contributed by atoms with Crippen molar-refractivity contribution in [1.82, 2.24) is 5.32 Å². The van der Waals surface area contributed by atoms with Crippen molar-refractivity contribution in [3.05, 3.63) is 34.3 Å². The first kappa shape index (κ1) is 18.9. The minimum Gasteiger partial charge on any atom is -0.427 e. The van der Waals surface area contributed by atoms with Gasteiger partial charge in [0.05, 0.1) is 12.1 Å². The number of rotatable bonds is 8. The molecule has 0 aliphatic carbocycles. The second-order valence-corrected chi connectivity index (χ2v) is 6.56. The number of benzene rings is 1. The average molecular weight is 370 g/mol. The highest BCUT2D eigenvalue weighted by atomic mass is 79.9. The number of carbonyl (C=O) groups is 2. The fraction of sp³-hybridized carbons (Fsp3) is 0.467. The Balaban J connectivity index is 2.51. The lowest BCUT2D eigenvalue weighted by Crippen LogP contribution is -2.32. The zero-order valence-electron chi connectivity index (χ0n) is 12.8. The van der Waals surface area contributed by atoms with Gasteiger partial charge in [-0.1, -0.05) is 26.0 Å². The molecular formula is C15H21BBrNO4. The molecule has 0 unspecified atom stereocenters. The summed E-state index contributed by atoms with van der Waals surface area (Å²) in [6.07, 6.45) is 0.577. The minimum absolute atomic E-state index is 0.0338. The molecule has 0 saturated carbocycles. The third kappa shape index (κ3) is 6.29. The van der Waals surface area contributed by atoms with E-state index in [2.05, 4.69) is 21.2 Å². The van der Waals surface area contributed by atoms with Crippen molar-refractivity contribution in [2.45, 2.75) is 32.5 Å². The van der Waals surface area contributed by atoms with Crippen LogP contribution in [0.5, 0.6) is 0 Å². The number of carbonyl (C=O) groups excluding carboxylic acids is 2. The normalized spacial score (nSPS) is 12.1. The van der Waals surface area contributed by atoms with Gasteiger partial charge in [-0.2, -0.15) is 0 Å². The van der Waals surface area contributed by atoms with Crippen molar-refractivity contribution in [2.75, 3.05) is 6.54 Å². The lowest BCUT2D eigenvalue weighted by atomic mass is 9.66. The van der Waals surface area contributed by atoms with Crippen molar-refractivity contribution in [2.24, 2.45) is 5.92 Å². The molecule has 120 valence electrons. The van der Waals surface area contributed by atoms with Crippen molar-refractivity contribution in [3.63, 3.8) is 0 Å². The van der Waals surface area contributed by atoms with Crippen LogP contribution in [0.3, 0.4) is 0 Å². The van der Waals surface area contributed by atoms with Crippen LogP contribution in [0.25, 0.3) is 0 Å². The Hall–Kier alpha value is -1.18. The molecule has 7 heteroatoms. The zero-order chi connectivity index (χ0) is 16.7. The highest BCUT2D eigenvalue weighted by Gasteiger charge is 2.26. The third-order valence-corrected chi connectivity index (χ3v) is 3.94. The van der Waals surface area contributed by atoms with Gasteiger partial charge in [0.1, 0.15) is 0 Å². The molecule has 0 bridgehead atoms. The van der Waals surface area contributed by atoms with Gasteiger partial charge < -0.3 is 15.4 Å². The second kappa shape index (κ2) is 9.07. The molecule has 3 N–H and O–H groups in total. The van der Waals surface area contributed by atoms with E-state index in [4.69, 9.17) is 0 Å². The van der Waals surface area contributed by atoms with E-state index in [1.165, 1.54) is 0 Å². The van der Waals surface area contributed by atoms with E-state index in [0.29, 0.717) is 16.5 Å². The maximum absolute atomic E-state index is 12.0. The van der Waals surface area contributed by atoms with Gasteiger partial charge in [-0.25, -0.2) is 0 Å². The molecular weight excluding hydrogens is 349 g/mol. The van der Waals surface area contributed by atoms with E-state index < -0.39 is 12.9 Å². The number of nitrogens with one attached hydrogen (secondary N) is 1. The Kier molecular flexibility index (Phi) is 7.78. The quantitative estimate of drug-likeness (QED) is 0.612. The van der Waals surface area contributed by atoms with E-state index in [-0.39, 0.29) is 30.6 Å². The predicted molar refractivity (Wildman–Crippen MR) is 89.5 cm³/mol. The SMILES string of the molecule is CC(C)C[C@H](CC(=O)CNC(=O)c1ccccc1Br)B(O)O. The summed E-state index contributed by atoms with van der Waals surface area (Å²) in [4.78, 5) is 23.9. The Morgan fingerprint density at radius 3 is 2.45 bits per heavy atom. The highest BCUT2D eigenvalue weighted by molar-refractivity contribution is 9.10. The van der Waals surface area contributed by atoms with Crippen LogP contribution in [0.15, 0.2) is 28.7 Å². The largest absolute Gasteiger partial charge is 0.455 e. The number of hydrogen-bond donors (Lipinski definition) is 3. The molecule has 0 aliphatic rings. The molecule has 0 radical (unpaired) electrons. The molecule has 5 nitrogen and oxygen atoms in total. The van der Waals surface area contributed by atoms with Gasteiger partial charge in [-0.15, -0.1) is 0 Å². The number of hydrogen-bond acceptors (Lipinski definition) is 4. The Labute approximate surface area is 139 Å². The van der Waals surface area contributed by atoms with Gasteiger partial charge in [0.2, 0.25) is 0 Å². The van der Waals surface area contributed by atoms with E-state index in [9.17, 15) is 19.6 Å². The molecule has 1 atom stereocenters. The fourth-order valence-electron chi connectivity index (χ4n) is 2.20. The van der Waals surface area contributed by atoms with Crippen LogP contribution in [-0.4, -0.2) is 35.4 Å². The molecule has 1 amide bonds. The van der Waals surface area contributed by atoms with Crippen molar-refractivity contribution in [1.29, 1.82) is 0 Å². The minimum atomic E-state index is -1.52. The van der Waals surface area contributed by atoms with Gasteiger partial charge in [0.15, 0.2) is 5.78 Å². The number of amides is 1. The van der Waals surface area contributed by atoms with Crippen molar-refractivity contribution in [3.8, 4) is 0 Å². The molecule has 0 fully saturated rings. The van der Waals surface area contributed by atoms with Gasteiger partial charge in [-0.05, 0) is 40.4 Å². The van der Waals surface area contributed by atoms with Crippen LogP contribution < -0.4 is 5.32 Å². The van der Waals surface area contributed by atoms with Gasteiger partial charge in [0.25, 0.3) is 5.91 Å². The molecule has 1 aromatic rings. The average Bonchev–Trinajstić information content (AvgIpc) is 2.44. The molecule has 0 saturated heterocycles. The number of halogens is 1. The second-order valence-electron chi connectivity index (χ2n) is 5.71. The summed E-state index contributed by atoms with van der Waals surface area (Å²) in [7, 11) is -1.52. The van der Waals surface area contributed by atoms with Crippen molar-refractivity contribution < 1.29 is 19.6 Å². The topological polar surface area (TPSA) is 86.6 Å². The first-order chi connectivity index (χ1) is 10.3. The Morgan fingerprint density at radius 1 is 1.27 bits per heavy atom. The van der Waals surface area contributed by atoms with Gasteiger partial charge in [-0.3, -0.25) is 9.59 Å². The van der Waals surface area contributed by atoms with E-state index in [0.717, 1.165) is 0 Å². The number of ketones is 1. The molecule has 1 aromatic carbocycles. The van der Waals surface area contributed by atoms with E-state index in [1.807, 2.05) is 13.8 Å². The number of Topliss-reactive ketones (excluding diaryl/α,β-unsaturated/α-hetero) is 1. The molecule has 0 heterocycles. The van der Waals surface area contributed by atoms with Crippen LogP contribution in [0.4, 0.5) is 0 Å². The highest BCUT2D eigenvalue weighted by Crippen LogP contribution is 2.23. The molecule has 0 aliphatic heterocycles. The van der Waals surface area contributed by atoms with Crippen molar-refractivity contribution >= 4 is 34.7 Å². The molecule has 22 heavy (non-hydrogen) atoms. The fourth-order valence-corrected chi connectivity index (χ4v) is 2.66. The van der Waals surface area contributed by atoms with E-state index >= 15 is 0 Å². The summed E-state index contributed by atoms with van der Waals surface area (Å²) in [5, 5.41) is 21.2. The summed E-state index contributed by atoms with van der Waals surface area (Å²) in [6, 6.07) is 6.94. The maximum Gasteiger partial charge on any atom is 0.455 e. The summed E-state index contributed by atoms with van der Waals surface area (Å²) in [6.45, 7) is 3.78. The predicted octanol–water partition coefficient (Wildman–Crippen LogP) is 2.03. The Bertz CT molecular complexity index is 522. The van der Waals surface area contributed by atoms with Crippen LogP contribution >= 0.6 is 15.9 Å². The van der Waals surface area contributed by atoms with Gasteiger partial charge >= 0.3 is 7.12 Å². The van der Waals surface area contributed by atoms with Crippen LogP contribution in [0.2, 0.25) is 5.82 Å². The van der Waals surface area contributed by atoms with Crippen LogP contribution in [-0.2, 0) is 4.79 Å². The first-order valence-corrected chi connectivity index (χ1v) is 8.01. The molecule has 0 aromatic heterocycles. The zero-order valence-corrected chi connectivity index (χ0v) is 14.3. The summed E-state index contributed by atoms with van der Waals surface area (Å²) in [5.41, 5.74) is 0.455. The standard InChI is InChI=1S/C15H21BBrNO4/c1-10(2)7-11(16(21)22)8-12(19)9-18-15(20)13-5-3-4-6-14(13)17/h3-6,10-11,21-22H,7-9H2,1-2H3,(H,18,20)/t11-/m1/s1. The summed E-state index contributed by atoms with van der Waals surface area (Å²) in [5.74, 6) is -0.813. The summed E-state index contributed by atoms with van der Waals surface area (Å²) >= 11 is 3.28. The first-order valence-electron chi connectivity index (χ1n) is 7.21. The van der Waals surface area contributed by atoms with E-state index in [1.54, 1.807) is 24.3 Å². The monoisotopic (exact) mass is 369 g/mol. The third-order valence-electron chi connectivity index (χ3n) is 3.25. The molecule has 1 rings (SSSR count).